The van der Waals surface area contributed by atoms with Gasteiger partial charge in [-0.15, -0.1) is 0 Å². The summed E-state index contributed by atoms with van der Waals surface area (Å²) in [7, 11) is 0. The third kappa shape index (κ3) is 4.49. The Morgan fingerprint density at radius 2 is 1.08 bits per heavy atom. The van der Waals surface area contributed by atoms with E-state index in [2.05, 4.69) is 115 Å². The fraction of sp³-hybridized carbons (Fsp3) is 0.0213. The second-order valence-electron chi connectivity index (χ2n) is 13.4. The Hall–Kier alpha value is -6.98. The van der Waals surface area contributed by atoms with E-state index in [1.807, 2.05) is 54.6 Å². The lowest BCUT2D eigenvalue weighted by atomic mass is 9.96. The van der Waals surface area contributed by atoms with Crippen LogP contribution < -0.4 is 5.32 Å². The standard InChI is InChI=1S/C47H29N3O2/c1-2-11-29(12-3-1)45-48-46(32-23-24-34-30(26-32)21-20-28-10-4-5-13-33(28)34)50-47(49-45)38-16-9-19-41-44(38)43-35(15-8-18-40(43)52-41)31-22-25-37-36-14-6-7-17-39(36)51-42(37)27-31/h1-27,45H,(H,48,49,50). The number of nitrogens with one attached hydrogen (secondary N) is 1. The van der Waals surface area contributed by atoms with Crippen molar-refractivity contribution in [3.63, 3.8) is 0 Å². The van der Waals surface area contributed by atoms with Crippen LogP contribution in [-0.4, -0.2) is 11.7 Å². The molecule has 8 aromatic carbocycles. The van der Waals surface area contributed by atoms with Gasteiger partial charge in [0.15, 0.2) is 5.84 Å². The molecular formula is C47H29N3O2. The molecule has 1 aliphatic rings. The molecule has 0 amide bonds. The molecule has 244 valence electrons. The third-order valence-electron chi connectivity index (χ3n) is 10.3. The number of nitrogens with zero attached hydrogens (tertiary/aromatic N) is 2. The Labute approximate surface area is 298 Å². The monoisotopic (exact) mass is 667 g/mol. The minimum atomic E-state index is -0.334. The molecule has 11 rings (SSSR count). The summed E-state index contributed by atoms with van der Waals surface area (Å²) in [5.74, 6) is 1.42. The van der Waals surface area contributed by atoms with Crippen molar-refractivity contribution in [1.29, 1.82) is 0 Å². The number of hydrogen-bond donors (Lipinski definition) is 1. The van der Waals surface area contributed by atoms with Crippen LogP contribution in [0.3, 0.4) is 0 Å². The smallest absolute Gasteiger partial charge is 0.159 e. The van der Waals surface area contributed by atoms with Gasteiger partial charge < -0.3 is 14.2 Å². The van der Waals surface area contributed by atoms with E-state index >= 15 is 0 Å². The van der Waals surface area contributed by atoms with Gasteiger partial charge in [0, 0.05) is 32.7 Å². The van der Waals surface area contributed by atoms with Crippen molar-refractivity contribution in [2.24, 2.45) is 9.98 Å². The average molecular weight is 668 g/mol. The highest BCUT2D eigenvalue weighted by Gasteiger charge is 2.25. The number of fused-ring (bicyclic) bond motifs is 9. The molecule has 2 aromatic heterocycles. The van der Waals surface area contributed by atoms with Crippen LogP contribution in [0.5, 0.6) is 0 Å². The van der Waals surface area contributed by atoms with Gasteiger partial charge in [0.2, 0.25) is 0 Å². The zero-order chi connectivity index (χ0) is 34.2. The van der Waals surface area contributed by atoms with Gasteiger partial charge in [-0.25, -0.2) is 9.98 Å². The largest absolute Gasteiger partial charge is 0.456 e. The van der Waals surface area contributed by atoms with Gasteiger partial charge in [0.05, 0.1) is 0 Å². The molecule has 0 bridgehead atoms. The van der Waals surface area contributed by atoms with Gasteiger partial charge in [-0.1, -0.05) is 127 Å². The van der Waals surface area contributed by atoms with Crippen molar-refractivity contribution in [3.05, 3.63) is 180 Å². The van der Waals surface area contributed by atoms with Crippen molar-refractivity contribution in [2.75, 3.05) is 0 Å². The fourth-order valence-corrected chi connectivity index (χ4v) is 7.87. The quantitative estimate of drug-likeness (QED) is 0.190. The molecule has 0 saturated heterocycles. The van der Waals surface area contributed by atoms with Crippen LogP contribution in [0.4, 0.5) is 0 Å². The summed E-state index contributed by atoms with van der Waals surface area (Å²) >= 11 is 0. The molecule has 52 heavy (non-hydrogen) atoms. The van der Waals surface area contributed by atoms with Crippen molar-refractivity contribution in [2.45, 2.75) is 6.17 Å². The predicted octanol–water partition coefficient (Wildman–Crippen LogP) is 12.0. The maximum absolute atomic E-state index is 6.55. The summed E-state index contributed by atoms with van der Waals surface area (Å²) in [6, 6.07) is 56.9. The highest BCUT2D eigenvalue weighted by molar-refractivity contribution is 6.24. The molecular weight excluding hydrogens is 639 g/mol. The lowest BCUT2D eigenvalue weighted by Gasteiger charge is -2.24. The molecule has 1 unspecified atom stereocenters. The summed E-state index contributed by atoms with van der Waals surface area (Å²) in [5, 5.41) is 12.8. The molecule has 0 fully saturated rings. The highest BCUT2D eigenvalue weighted by Crippen LogP contribution is 2.41. The SMILES string of the molecule is c1ccc(C2N=C(c3ccc4c(ccc5ccccc54)c3)N=C(c3cccc4oc5cccc(-c6ccc7c(c6)oc6ccccc67)c5c34)N2)cc1. The lowest BCUT2D eigenvalue weighted by molar-refractivity contribution is 0.667. The van der Waals surface area contributed by atoms with Crippen LogP contribution in [0.2, 0.25) is 0 Å². The summed E-state index contributed by atoms with van der Waals surface area (Å²) in [4.78, 5) is 10.5. The summed E-state index contributed by atoms with van der Waals surface area (Å²) in [6.45, 7) is 0. The minimum Gasteiger partial charge on any atom is -0.456 e. The van der Waals surface area contributed by atoms with E-state index < -0.39 is 0 Å². The van der Waals surface area contributed by atoms with E-state index in [1.165, 1.54) is 16.2 Å². The molecule has 0 aliphatic carbocycles. The number of hydrogen-bond acceptors (Lipinski definition) is 5. The first-order valence-electron chi connectivity index (χ1n) is 17.5. The zero-order valence-electron chi connectivity index (χ0n) is 27.9. The molecule has 5 nitrogen and oxygen atoms in total. The van der Waals surface area contributed by atoms with E-state index in [-0.39, 0.29) is 6.17 Å². The van der Waals surface area contributed by atoms with Gasteiger partial charge >= 0.3 is 0 Å². The first kappa shape index (κ1) is 28.8. The molecule has 0 spiro atoms. The number of furan rings is 2. The minimum absolute atomic E-state index is 0.334. The molecule has 1 atom stereocenters. The summed E-state index contributed by atoms with van der Waals surface area (Å²) in [6.07, 6.45) is -0.334. The molecule has 5 heteroatoms. The molecule has 3 heterocycles. The molecule has 1 aliphatic heterocycles. The number of aliphatic imine (C=N–C) groups is 2. The van der Waals surface area contributed by atoms with E-state index in [9.17, 15) is 0 Å². The number of benzene rings is 8. The Balaban J connectivity index is 1.10. The van der Waals surface area contributed by atoms with Gasteiger partial charge in [-0.05, 0) is 74.6 Å². The van der Waals surface area contributed by atoms with Crippen molar-refractivity contribution in [1.82, 2.24) is 5.32 Å². The first-order chi connectivity index (χ1) is 25.7. The molecule has 10 aromatic rings. The highest BCUT2D eigenvalue weighted by atomic mass is 16.3. The Morgan fingerprint density at radius 1 is 0.442 bits per heavy atom. The topological polar surface area (TPSA) is 63.0 Å². The third-order valence-corrected chi connectivity index (χ3v) is 10.3. The van der Waals surface area contributed by atoms with E-state index in [1.54, 1.807) is 0 Å². The van der Waals surface area contributed by atoms with Crippen LogP contribution in [0.15, 0.2) is 183 Å². The summed E-state index contributed by atoms with van der Waals surface area (Å²) < 4.78 is 12.9. The van der Waals surface area contributed by atoms with Gasteiger partial charge in [-0.3, -0.25) is 0 Å². The van der Waals surface area contributed by atoms with E-state index in [0.29, 0.717) is 5.84 Å². The van der Waals surface area contributed by atoms with Crippen molar-refractivity contribution < 1.29 is 8.83 Å². The zero-order valence-corrected chi connectivity index (χ0v) is 27.9. The fourth-order valence-electron chi connectivity index (χ4n) is 7.87. The maximum Gasteiger partial charge on any atom is 0.159 e. The Morgan fingerprint density at radius 3 is 1.96 bits per heavy atom. The van der Waals surface area contributed by atoms with Crippen LogP contribution in [0.1, 0.15) is 22.9 Å². The van der Waals surface area contributed by atoms with Crippen LogP contribution in [0.25, 0.3) is 76.5 Å². The molecule has 0 radical (unpaired) electrons. The Kier molecular flexibility index (Phi) is 6.25. The van der Waals surface area contributed by atoms with E-state index in [0.717, 1.165) is 82.9 Å². The van der Waals surface area contributed by atoms with Gasteiger partial charge in [0.1, 0.15) is 34.3 Å². The number of amidine groups is 2. The normalized spacial score (nSPS) is 14.7. The van der Waals surface area contributed by atoms with Gasteiger partial charge in [0.25, 0.3) is 0 Å². The second-order valence-corrected chi connectivity index (χ2v) is 13.4. The lowest BCUT2D eigenvalue weighted by Crippen LogP contribution is -2.33. The molecule has 0 saturated carbocycles. The van der Waals surface area contributed by atoms with E-state index in [4.69, 9.17) is 18.8 Å². The van der Waals surface area contributed by atoms with Crippen molar-refractivity contribution in [3.8, 4) is 11.1 Å². The van der Waals surface area contributed by atoms with Gasteiger partial charge in [-0.2, -0.15) is 0 Å². The Bertz CT molecular complexity index is 3110. The summed E-state index contributed by atoms with van der Waals surface area (Å²) in [5.41, 5.74) is 8.46. The number of para-hydroxylation sites is 1. The van der Waals surface area contributed by atoms with Crippen LogP contribution in [-0.2, 0) is 0 Å². The van der Waals surface area contributed by atoms with Crippen molar-refractivity contribution >= 4 is 77.1 Å². The van der Waals surface area contributed by atoms with Crippen LogP contribution in [0, 0.1) is 0 Å². The maximum atomic E-state index is 6.55. The molecule has 1 N–H and O–H groups in total. The second kappa shape index (κ2) is 11.3. The predicted molar refractivity (Wildman–Crippen MR) is 213 cm³/mol. The average Bonchev–Trinajstić information content (AvgIpc) is 3.79. The first-order valence-corrected chi connectivity index (χ1v) is 17.5. The number of rotatable bonds is 4. The van der Waals surface area contributed by atoms with Crippen LogP contribution >= 0.6 is 0 Å².